The van der Waals surface area contributed by atoms with Crippen LogP contribution in [0.15, 0.2) is 24.3 Å². The van der Waals surface area contributed by atoms with Crippen LogP contribution < -0.4 is 10.2 Å². The first-order chi connectivity index (χ1) is 8.04. The molecule has 0 bridgehead atoms. The molecule has 0 amide bonds. The Hall–Kier alpha value is -0.730. The topological polar surface area (TPSA) is 15.3 Å². The smallest absolute Gasteiger partial charge is 0.0426 e. The number of benzene rings is 1. The first-order valence-corrected chi connectivity index (χ1v) is 6.69. The number of rotatable bonds is 2. The lowest BCUT2D eigenvalue weighted by atomic mass is 9.93. The second kappa shape index (κ2) is 4.87. The van der Waals surface area contributed by atoms with E-state index >= 15 is 0 Å². The number of nitrogens with zero attached hydrogens (tertiary/aromatic N) is 1. The van der Waals surface area contributed by atoms with Crippen LogP contribution >= 0.6 is 11.6 Å². The number of halogens is 1. The average molecular weight is 253 g/mol. The van der Waals surface area contributed by atoms with Crippen molar-refractivity contribution in [3.05, 3.63) is 29.3 Å². The minimum atomic E-state index is 0.203. The van der Waals surface area contributed by atoms with Crippen LogP contribution in [0, 0.1) is 0 Å². The van der Waals surface area contributed by atoms with Gasteiger partial charge in [-0.05, 0) is 38.5 Å². The molecule has 1 aromatic rings. The summed E-state index contributed by atoms with van der Waals surface area (Å²) in [7, 11) is 0. The minimum absolute atomic E-state index is 0.203. The SMILES string of the molecule is CCC1(C)CN(c2cccc(Cl)c2)C(C)CN1. The van der Waals surface area contributed by atoms with Crippen molar-refractivity contribution in [2.75, 3.05) is 18.0 Å². The fourth-order valence-corrected chi connectivity index (χ4v) is 2.51. The number of nitrogens with one attached hydrogen (secondary N) is 1. The quantitative estimate of drug-likeness (QED) is 0.869. The van der Waals surface area contributed by atoms with Crippen molar-refractivity contribution in [3.63, 3.8) is 0 Å². The van der Waals surface area contributed by atoms with Crippen molar-refractivity contribution < 1.29 is 0 Å². The van der Waals surface area contributed by atoms with Crippen LogP contribution in [0.2, 0.25) is 5.02 Å². The van der Waals surface area contributed by atoms with Gasteiger partial charge in [0.15, 0.2) is 0 Å². The number of piperazine rings is 1. The molecule has 2 atom stereocenters. The second-order valence-electron chi connectivity index (χ2n) is 5.25. The van der Waals surface area contributed by atoms with Crippen LogP contribution in [0.5, 0.6) is 0 Å². The summed E-state index contributed by atoms with van der Waals surface area (Å²) in [5, 5.41) is 4.45. The van der Waals surface area contributed by atoms with Gasteiger partial charge in [-0.2, -0.15) is 0 Å². The van der Waals surface area contributed by atoms with Crippen molar-refractivity contribution in [2.24, 2.45) is 0 Å². The highest BCUT2D eigenvalue weighted by Crippen LogP contribution is 2.27. The van der Waals surface area contributed by atoms with Crippen LogP contribution in [-0.2, 0) is 0 Å². The van der Waals surface area contributed by atoms with Crippen molar-refractivity contribution in [1.29, 1.82) is 0 Å². The molecule has 94 valence electrons. The zero-order chi connectivity index (χ0) is 12.5. The van der Waals surface area contributed by atoms with E-state index in [1.807, 2.05) is 12.1 Å². The van der Waals surface area contributed by atoms with E-state index in [-0.39, 0.29) is 5.54 Å². The molecule has 1 aromatic carbocycles. The van der Waals surface area contributed by atoms with Crippen LogP contribution in [0.1, 0.15) is 27.2 Å². The highest BCUT2D eigenvalue weighted by atomic mass is 35.5. The summed E-state index contributed by atoms with van der Waals surface area (Å²) >= 11 is 6.07. The maximum atomic E-state index is 6.07. The normalized spacial score (nSPS) is 29.4. The third-order valence-corrected chi connectivity index (χ3v) is 4.03. The standard InChI is InChI=1S/C14H21ClN2/c1-4-14(3)10-17(11(2)9-16-14)13-7-5-6-12(15)8-13/h5-8,11,16H,4,9-10H2,1-3H3. The Balaban J connectivity index is 2.24. The molecule has 2 nitrogen and oxygen atoms in total. The van der Waals surface area contributed by atoms with E-state index in [9.17, 15) is 0 Å². The molecule has 1 saturated heterocycles. The van der Waals surface area contributed by atoms with E-state index in [1.165, 1.54) is 5.69 Å². The Labute approximate surface area is 109 Å². The average Bonchev–Trinajstić information content (AvgIpc) is 2.33. The Kier molecular flexibility index (Phi) is 3.64. The van der Waals surface area contributed by atoms with Gasteiger partial charge < -0.3 is 10.2 Å². The van der Waals surface area contributed by atoms with Crippen molar-refractivity contribution in [3.8, 4) is 0 Å². The van der Waals surface area contributed by atoms with Crippen molar-refractivity contribution >= 4 is 17.3 Å². The third kappa shape index (κ3) is 2.75. The van der Waals surface area contributed by atoms with Gasteiger partial charge in [-0.15, -0.1) is 0 Å². The van der Waals surface area contributed by atoms with Crippen LogP contribution in [0.3, 0.4) is 0 Å². The Morgan fingerprint density at radius 3 is 2.94 bits per heavy atom. The molecule has 1 aliphatic heterocycles. The van der Waals surface area contributed by atoms with Gasteiger partial charge in [0.2, 0.25) is 0 Å². The van der Waals surface area contributed by atoms with Gasteiger partial charge in [0.25, 0.3) is 0 Å². The van der Waals surface area contributed by atoms with E-state index in [1.54, 1.807) is 0 Å². The number of hydrogen-bond donors (Lipinski definition) is 1. The first kappa shape index (κ1) is 12.7. The van der Waals surface area contributed by atoms with E-state index in [4.69, 9.17) is 11.6 Å². The molecule has 1 heterocycles. The zero-order valence-corrected chi connectivity index (χ0v) is 11.6. The van der Waals surface area contributed by atoms with E-state index in [0.717, 1.165) is 24.5 Å². The van der Waals surface area contributed by atoms with Crippen LogP contribution in [0.4, 0.5) is 5.69 Å². The fraction of sp³-hybridized carbons (Fsp3) is 0.571. The summed E-state index contributed by atoms with van der Waals surface area (Å²) in [6.45, 7) is 8.83. The summed E-state index contributed by atoms with van der Waals surface area (Å²) in [5.41, 5.74) is 1.43. The van der Waals surface area contributed by atoms with Gasteiger partial charge in [0.1, 0.15) is 0 Å². The summed E-state index contributed by atoms with van der Waals surface area (Å²) in [6, 6.07) is 8.66. The molecule has 3 heteroatoms. The summed E-state index contributed by atoms with van der Waals surface area (Å²) in [5.74, 6) is 0. The Morgan fingerprint density at radius 1 is 1.53 bits per heavy atom. The molecular weight excluding hydrogens is 232 g/mol. The van der Waals surface area contributed by atoms with Gasteiger partial charge in [-0.25, -0.2) is 0 Å². The van der Waals surface area contributed by atoms with Crippen LogP contribution in [-0.4, -0.2) is 24.7 Å². The number of hydrogen-bond acceptors (Lipinski definition) is 2. The highest BCUT2D eigenvalue weighted by Gasteiger charge is 2.32. The van der Waals surface area contributed by atoms with Crippen LogP contribution in [0.25, 0.3) is 0 Å². The van der Waals surface area contributed by atoms with E-state index < -0.39 is 0 Å². The van der Waals surface area contributed by atoms with E-state index in [2.05, 4.69) is 43.1 Å². The lowest BCUT2D eigenvalue weighted by molar-refractivity contribution is 0.285. The first-order valence-electron chi connectivity index (χ1n) is 6.31. The molecule has 17 heavy (non-hydrogen) atoms. The predicted molar refractivity (Wildman–Crippen MR) is 75.0 cm³/mol. The summed E-state index contributed by atoms with van der Waals surface area (Å²) < 4.78 is 0. The molecule has 1 N–H and O–H groups in total. The Bertz CT molecular complexity index is 394. The molecule has 2 unspecified atom stereocenters. The molecular formula is C14H21ClN2. The molecule has 0 aliphatic carbocycles. The van der Waals surface area contributed by atoms with Gasteiger partial charge in [0, 0.05) is 35.4 Å². The molecule has 0 saturated carbocycles. The van der Waals surface area contributed by atoms with Gasteiger partial charge in [0.05, 0.1) is 0 Å². The monoisotopic (exact) mass is 252 g/mol. The molecule has 0 aromatic heterocycles. The minimum Gasteiger partial charge on any atom is -0.366 e. The van der Waals surface area contributed by atoms with Crippen molar-refractivity contribution in [2.45, 2.75) is 38.8 Å². The molecule has 2 rings (SSSR count). The molecule has 0 spiro atoms. The zero-order valence-electron chi connectivity index (χ0n) is 10.8. The largest absolute Gasteiger partial charge is 0.366 e. The summed E-state index contributed by atoms with van der Waals surface area (Å²) in [6.07, 6.45) is 1.14. The van der Waals surface area contributed by atoms with E-state index in [0.29, 0.717) is 6.04 Å². The highest BCUT2D eigenvalue weighted by molar-refractivity contribution is 6.30. The second-order valence-corrected chi connectivity index (χ2v) is 5.69. The van der Waals surface area contributed by atoms with Crippen molar-refractivity contribution in [1.82, 2.24) is 5.32 Å². The molecule has 0 radical (unpaired) electrons. The maximum Gasteiger partial charge on any atom is 0.0426 e. The summed E-state index contributed by atoms with van der Waals surface area (Å²) in [4.78, 5) is 2.45. The third-order valence-electron chi connectivity index (χ3n) is 3.80. The molecule has 1 fully saturated rings. The lowest BCUT2D eigenvalue weighted by Gasteiger charge is -2.46. The fourth-order valence-electron chi connectivity index (χ4n) is 2.33. The maximum absolute atomic E-state index is 6.07. The van der Waals surface area contributed by atoms with Gasteiger partial charge in [-0.1, -0.05) is 24.6 Å². The number of anilines is 1. The molecule has 1 aliphatic rings. The van der Waals surface area contributed by atoms with Gasteiger partial charge in [-0.3, -0.25) is 0 Å². The Morgan fingerprint density at radius 2 is 2.29 bits per heavy atom. The lowest BCUT2D eigenvalue weighted by Crippen LogP contribution is -2.62. The van der Waals surface area contributed by atoms with Gasteiger partial charge >= 0.3 is 0 Å². The predicted octanol–water partition coefficient (Wildman–Crippen LogP) is 3.31.